The van der Waals surface area contributed by atoms with E-state index in [0.717, 1.165) is 0 Å². The van der Waals surface area contributed by atoms with Gasteiger partial charge in [-0.3, -0.25) is 4.79 Å². The van der Waals surface area contributed by atoms with Crippen molar-refractivity contribution in [2.75, 3.05) is 26.1 Å². The standard InChI is InChI=1S/C12H15NO4/c1-16-7-6-11(14)13-10-5-3-4-9(8-10)12(15)17-2/h3-5,8H,6-7H2,1-2H3,(H,13,14). The second-order valence-electron chi connectivity index (χ2n) is 3.36. The van der Waals surface area contributed by atoms with Crippen molar-refractivity contribution in [2.45, 2.75) is 6.42 Å². The lowest BCUT2D eigenvalue weighted by Crippen LogP contribution is -2.14. The third kappa shape index (κ3) is 4.24. The normalized spacial score (nSPS) is 9.76. The molecule has 0 saturated carbocycles. The molecule has 92 valence electrons. The third-order valence-electron chi connectivity index (χ3n) is 2.10. The molecule has 0 unspecified atom stereocenters. The zero-order chi connectivity index (χ0) is 12.7. The van der Waals surface area contributed by atoms with Gasteiger partial charge >= 0.3 is 5.97 Å². The molecule has 1 amide bonds. The molecule has 1 aromatic rings. The monoisotopic (exact) mass is 237 g/mol. The van der Waals surface area contributed by atoms with Crippen LogP contribution in [-0.4, -0.2) is 32.7 Å². The Hall–Kier alpha value is -1.88. The molecule has 0 radical (unpaired) electrons. The predicted molar refractivity (Wildman–Crippen MR) is 62.9 cm³/mol. The van der Waals surface area contributed by atoms with E-state index in [0.29, 0.717) is 17.9 Å². The second-order valence-corrected chi connectivity index (χ2v) is 3.36. The quantitative estimate of drug-likeness (QED) is 0.787. The molecule has 0 aliphatic heterocycles. The van der Waals surface area contributed by atoms with Crippen molar-refractivity contribution in [1.82, 2.24) is 0 Å². The zero-order valence-electron chi connectivity index (χ0n) is 9.86. The highest BCUT2D eigenvalue weighted by molar-refractivity contribution is 5.94. The van der Waals surface area contributed by atoms with Gasteiger partial charge in [-0.15, -0.1) is 0 Å². The number of hydrogen-bond donors (Lipinski definition) is 1. The van der Waals surface area contributed by atoms with Gasteiger partial charge in [0, 0.05) is 12.8 Å². The van der Waals surface area contributed by atoms with Crippen molar-refractivity contribution in [1.29, 1.82) is 0 Å². The molecule has 1 rings (SSSR count). The first kappa shape index (κ1) is 13.2. The minimum atomic E-state index is -0.432. The number of methoxy groups -OCH3 is 2. The number of carbonyl (C=O) groups is 2. The summed E-state index contributed by atoms with van der Waals surface area (Å²) in [4.78, 5) is 22.7. The fourth-order valence-electron chi connectivity index (χ4n) is 1.26. The van der Waals surface area contributed by atoms with E-state index < -0.39 is 5.97 Å². The van der Waals surface area contributed by atoms with Gasteiger partial charge in [-0.05, 0) is 18.2 Å². The van der Waals surface area contributed by atoms with Crippen molar-refractivity contribution in [3.63, 3.8) is 0 Å². The lowest BCUT2D eigenvalue weighted by Gasteiger charge is -2.06. The summed E-state index contributed by atoms with van der Waals surface area (Å²) in [6.45, 7) is 0.364. The third-order valence-corrected chi connectivity index (χ3v) is 2.10. The first-order chi connectivity index (χ1) is 8.17. The van der Waals surface area contributed by atoms with Gasteiger partial charge in [0.05, 0.1) is 25.7 Å². The molecule has 0 saturated heterocycles. The highest BCUT2D eigenvalue weighted by atomic mass is 16.5. The number of carbonyl (C=O) groups excluding carboxylic acids is 2. The van der Waals surface area contributed by atoms with Crippen LogP contribution in [0.5, 0.6) is 0 Å². The van der Waals surface area contributed by atoms with Crippen LogP contribution in [0.25, 0.3) is 0 Å². The number of benzene rings is 1. The van der Waals surface area contributed by atoms with E-state index in [-0.39, 0.29) is 12.3 Å². The van der Waals surface area contributed by atoms with E-state index in [1.54, 1.807) is 24.3 Å². The molecule has 1 aromatic carbocycles. The maximum atomic E-state index is 11.4. The smallest absolute Gasteiger partial charge is 0.337 e. The molecule has 0 spiro atoms. The number of rotatable bonds is 5. The molecule has 0 fully saturated rings. The summed E-state index contributed by atoms with van der Waals surface area (Å²) >= 11 is 0. The summed E-state index contributed by atoms with van der Waals surface area (Å²) in [5, 5.41) is 2.67. The maximum absolute atomic E-state index is 11.4. The second kappa shape index (κ2) is 6.65. The number of amides is 1. The Morgan fingerprint density at radius 3 is 2.71 bits per heavy atom. The molecule has 0 atom stereocenters. The maximum Gasteiger partial charge on any atom is 0.337 e. The summed E-state index contributed by atoms with van der Waals surface area (Å²) < 4.78 is 9.38. The van der Waals surface area contributed by atoms with E-state index in [2.05, 4.69) is 10.1 Å². The zero-order valence-corrected chi connectivity index (χ0v) is 9.86. The van der Waals surface area contributed by atoms with Crippen molar-refractivity contribution < 1.29 is 19.1 Å². The first-order valence-electron chi connectivity index (χ1n) is 5.14. The lowest BCUT2D eigenvalue weighted by atomic mass is 10.2. The SMILES string of the molecule is COCCC(=O)Nc1cccc(C(=O)OC)c1. The van der Waals surface area contributed by atoms with Crippen LogP contribution in [0.4, 0.5) is 5.69 Å². The summed E-state index contributed by atoms with van der Waals surface area (Å²) in [6.07, 6.45) is 0.277. The Balaban J connectivity index is 2.65. The van der Waals surface area contributed by atoms with Crippen LogP contribution in [0.1, 0.15) is 16.8 Å². The largest absolute Gasteiger partial charge is 0.465 e. The van der Waals surface area contributed by atoms with Crippen LogP contribution >= 0.6 is 0 Å². The van der Waals surface area contributed by atoms with Crippen LogP contribution in [0.3, 0.4) is 0 Å². The molecule has 17 heavy (non-hydrogen) atoms. The molecule has 0 aliphatic carbocycles. The Morgan fingerprint density at radius 1 is 1.29 bits per heavy atom. The predicted octanol–water partition coefficient (Wildman–Crippen LogP) is 1.45. The lowest BCUT2D eigenvalue weighted by molar-refractivity contribution is -0.117. The minimum Gasteiger partial charge on any atom is -0.465 e. The summed E-state index contributed by atoms with van der Waals surface area (Å²) in [6, 6.07) is 6.57. The fourth-order valence-corrected chi connectivity index (χ4v) is 1.26. The van der Waals surface area contributed by atoms with Crippen LogP contribution < -0.4 is 5.32 Å². The Morgan fingerprint density at radius 2 is 2.06 bits per heavy atom. The minimum absolute atomic E-state index is 0.158. The molecule has 0 aliphatic rings. The highest BCUT2D eigenvalue weighted by Gasteiger charge is 2.07. The van der Waals surface area contributed by atoms with Gasteiger partial charge in [-0.25, -0.2) is 4.79 Å². The van der Waals surface area contributed by atoms with Gasteiger partial charge in [0.1, 0.15) is 0 Å². The van der Waals surface area contributed by atoms with Crippen LogP contribution in [0.15, 0.2) is 24.3 Å². The molecule has 5 heteroatoms. The fraction of sp³-hybridized carbons (Fsp3) is 0.333. The van der Waals surface area contributed by atoms with E-state index in [4.69, 9.17) is 4.74 Å². The average molecular weight is 237 g/mol. The van der Waals surface area contributed by atoms with E-state index in [1.807, 2.05) is 0 Å². The Labute approximate surface area is 99.7 Å². The number of nitrogens with one attached hydrogen (secondary N) is 1. The Kier molecular flexibility index (Phi) is 5.16. The molecule has 5 nitrogen and oxygen atoms in total. The first-order valence-corrected chi connectivity index (χ1v) is 5.14. The van der Waals surface area contributed by atoms with Crippen molar-refractivity contribution in [3.8, 4) is 0 Å². The van der Waals surface area contributed by atoms with Crippen molar-refractivity contribution >= 4 is 17.6 Å². The topological polar surface area (TPSA) is 64.6 Å². The Bertz CT molecular complexity index is 403. The van der Waals surface area contributed by atoms with Crippen molar-refractivity contribution in [3.05, 3.63) is 29.8 Å². The molecule has 0 heterocycles. The van der Waals surface area contributed by atoms with Crippen LogP contribution in [0, 0.1) is 0 Å². The number of ether oxygens (including phenoxy) is 2. The summed E-state index contributed by atoms with van der Waals surface area (Å²) in [5.41, 5.74) is 0.964. The molecular weight excluding hydrogens is 222 g/mol. The van der Waals surface area contributed by atoms with E-state index in [9.17, 15) is 9.59 Å². The van der Waals surface area contributed by atoms with Gasteiger partial charge in [0.15, 0.2) is 0 Å². The molecular formula is C12H15NO4. The van der Waals surface area contributed by atoms with Gasteiger partial charge < -0.3 is 14.8 Å². The van der Waals surface area contributed by atoms with E-state index >= 15 is 0 Å². The van der Waals surface area contributed by atoms with E-state index in [1.165, 1.54) is 14.2 Å². The molecule has 0 bridgehead atoms. The van der Waals surface area contributed by atoms with Gasteiger partial charge in [0.2, 0.25) is 5.91 Å². The molecule has 1 N–H and O–H groups in total. The van der Waals surface area contributed by atoms with Crippen LogP contribution in [-0.2, 0) is 14.3 Å². The number of esters is 1. The van der Waals surface area contributed by atoms with Gasteiger partial charge in [-0.1, -0.05) is 6.07 Å². The average Bonchev–Trinajstić information content (AvgIpc) is 2.35. The number of anilines is 1. The van der Waals surface area contributed by atoms with Gasteiger partial charge in [0.25, 0.3) is 0 Å². The van der Waals surface area contributed by atoms with Crippen LogP contribution in [0.2, 0.25) is 0 Å². The number of hydrogen-bond acceptors (Lipinski definition) is 4. The highest BCUT2D eigenvalue weighted by Crippen LogP contribution is 2.11. The molecule has 0 aromatic heterocycles. The van der Waals surface area contributed by atoms with Crippen molar-refractivity contribution in [2.24, 2.45) is 0 Å². The van der Waals surface area contributed by atoms with Gasteiger partial charge in [-0.2, -0.15) is 0 Å². The summed E-state index contributed by atoms with van der Waals surface area (Å²) in [5.74, 6) is -0.591. The summed E-state index contributed by atoms with van der Waals surface area (Å²) in [7, 11) is 2.84.